The summed E-state index contributed by atoms with van der Waals surface area (Å²) < 4.78 is 16.5. The van der Waals surface area contributed by atoms with E-state index in [1.54, 1.807) is 25.3 Å². The van der Waals surface area contributed by atoms with Crippen LogP contribution in [0.5, 0.6) is 11.5 Å². The van der Waals surface area contributed by atoms with E-state index in [9.17, 15) is 4.79 Å². The van der Waals surface area contributed by atoms with E-state index in [4.69, 9.17) is 13.9 Å². The van der Waals surface area contributed by atoms with E-state index in [1.165, 1.54) is 12.8 Å². The van der Waals surface area contributed by atoms with Crippen molar-refractivity contribution in [3.8, 4) is 23.0 Å². The van der Waals surface area contributed by atoms with Crippen molar-refractivity contribution in [2.75, 3.05) is 32.2 Å². The van der Waals surface area contributed by atoms with Crippen LogP contribution in [0.1, 0.15) is 48.5 Å². The van der Waals surface area contributed by atoms with Crippen molar-refractivity contribution in [2.45, 2.75) is 39.8 Å². The number of ether oxygens (including phenoxy) is 2. The second kappa shape index (κ2) is 9.94. The highest BCUT2D eigenvalue weighted by Gasteiger charge is 2.34. The van der Waals surface area contributed by atoms with Crippen LogP contribution in [0.4, 0.5) is 5.82 Å². The topological polar surface area (TPSA) is 80.9 Å². The molecule has 1 fully saturated rings. The van der Waals surface area contributed by atoms with Crippen molar-refractivity contribution in [2.24, 2.45) is 0 Å². The number of rotatable bonds is 6. The van der Waals surface area contributed by atoms with Crippen LogP contribution >= 0.6 is 0 Å². The summed E-state index contributed by atoms with van der Waals surface area (Å²) in [6, 6.07) is 9.50. The fourth-order valence-corrected chi connectivity index (χ4v) is 4.11. The molecule has 2 aliphatic rings. The van der Waals surface area contributed by atoms with Crippen LogP contribution in [0, 0.1) is 0 Å². The Morgan fingerprint density at radius 3 is 2.48 bits per heavy atom. The monoisotopic (exact) mass is 450 g/mol. The number of benzene rings is 1. The lowest BCUT2D eigenvalue weighted by molar-refractivity contribution is 0.0739. The number of nitrogens with zero attached hydrogens (tertiary/aromatic N) is 4. The minimum atomic E-state index is -0.173. The molecule has 2 aliphatic heterocycles. The molecule has 0 saturated carbocycles. The second-order valence-corrected chi connectivity index (χ2v) is 7.73. The lowest BCUT2D eigenvalue weighted by Crippen LogP contribution is -2.23. The second-order valence-electron chi connectivity index (χ2n) is 7.73. The third kappa shape index (κ3) is 4.51. The number of anilines is 1. The first-order valence-electron chi connectivity index (χ1n) is 11.4. The summed E-state index contributed by atoms with van der Waals surface area (Å²) in [6.45, 7) is 6.89. The van der Waals surface area contributed by atoms with Gasteiger partial charge in [-0.25, -0.2) is 9.97 Å². The molecule has 0 N–H and O–H groups in total. The fourth-order valence-electron chi connectivity index (χ4n) is 4.11. The minimum absolute atomic E-state index is 0.173. The van der Waals surface area contributed by atoms with Crippen LogP contribution in [-0.4, -0.2) is 48.1 Å². The van der Waals surface area contributed by atoms with Gasteiger partial charge in [-0.2, -0.15) is 0 Å². The molecule has 0 atom stereocenters. The van der Waals surface area contributed by atoms with Gasteiger partial charge in [-0.15, -0.1) is 0 Å². The molecule has 0 aliphatic carbocycles. The van der Waals surface area contributed by atoms with E-state index in [-0.39, 0.29) is 5.91 Å². The van der Waals surface area contributed by atoms with Crippen LogP contribution in [0.3, 0.4) is 0 Å². The van der Waals surface area contributed by atoms with Gasteiger partial charge in [-0.1, -0.05) is 13.8 Å². The summed E-state index contributed by atoms with van der Waals surface area (Å²) in [5, 5.41) is 0. The molecule has 0 radical (unpaired) electrons. The maximum absolute atomic E-state index is 12.9. The van der Waals surface area contributed by atoms with Crippen molar-refractivity contribution in [1.82, 2.24) is 14.9 Å². The number of hydrogen-bond donors (Lipinski definition) is 0. The molecule has 0 unspecified atom stereocenters. The Balaban J connectivity index is 0.00000126. The summed E-state index contributed by atoms with van der Waals surface area (Å²) in [5.74, 6) is 2.90. The number of carbonyl (C=O) groups is 1. The predicted molar refractivity (Wildman–Crippen MR) is 126 cm³/mol. The molecule has 8 heteroatoms. The largest absolute Gasteiger partial charge is 0.497 e. The van der Waals surface area contributed by atoms with E-state index in [1.807, 2.05) is 44.2 Å². The Labute approximate surface area is 194 Å². The third-order valence-corrected chi connectivity index (χ3v) is 5.80. The van der Waals surface area contributed by atoms with Crippen LogP contribution in [0.2, 0.25) is 0 Å². The van der Waals surface area contributed by atoms with Gasteiger partial charge in [-0.05, 0) is 37.1 Å². The smallest absolute Gasteiger partial charge is 0.292 e. The Bertz CT molecular complexity index is 1100. The quantitative estimate of drug-likeness (QED) is 0.545. The molecular formula is C25H30N4O4. The SMILES string of the molecule is CC.COc1ccc(CN2Cc3nc(-c4ccc(N5CCCC5)nc4)oc3C2=O)c(OC)c1. The molecule has 2 aromatic heterocycles. The van der Waals surface area contributed by atoms with Crippen molar-refractivity contribution in [3.63, 3.8) is 0 Å². The first kappa shape index (κ1) is 22.6. The summed E-state index contributed by atoms with van der Waals surface area (Å²) >= 11 is 0. The van der Waals surface area contributed by atoms with Gasteiger partial charge in [0.1, 0.15) is 23.0 Å². The zero-order valence-electron chi connectivity index (χ0n) is 19.6. The van der Waals surface area contributed by atoms with Crippen LogP contribution in [0.15, 0.2) is 40.9 Å². The Morgan fingerprint density at radius 1 is 1.06 bits per heavy atom. The Hall–Kier alpha value is -3.55. The number of hydrogen-bond acceptors (Lipinski definition) is 7. The molecule has 5 rings (SSSR count). The summed E-state index contributed by atoms with van der Waals surface area (Å²) in [5.41, 5.74) is 2.31. The van der Waals surface area contributed by atoms with Crippen molar-refractivity contribution in [3.05, 3.63) is 53.5 Å². The normalized spacial score (nSPS) is 14.7. The van der Waals surface area contributed by atoms with Gasteiger partial charge in [0.2, 0.25) is 11.7 Å². The molecule has 4 heterocycles. The molecule has 1 saturated heterocycles. The molecule has 33 heavy (non-hydrogen) atoms. The lowest BCUT2D eigenvalue weighted by Gasteiger charge is -2.18. The summed E-state index contributed by atoms with van der Waals surface area (Å²) in [7, 11) is 3.21. The number of fused-ring (bicyclic) bond motifs is 1. The zero-order valence-corrected chi connectivity index (χ0v) is 19.6. The Morgan fingerprint density at radius 2 is 1.85 bits per heavy atom. The molecule has 1 amide bonds. The van der Waals surface area contributed by atoms with Gasteiger partial charge in [-0.3, -0.25) is 4.79 Å². The first-order chi connectivity index (χ1) is 16.2. The van der Waals surface area contributed by atoms with E-state index in [0.717, 1.165) is 30.0 Å². The maximum Gasteiger partial charge on any atom is 0.292 e. The number of oxazole rings is 1. The fraction of sp³-hybridized carbons (Fsp3) is 0.400. The minimum Gasteiger partial charge on any atom is -0.497 e. The lowest BCUT2D eigenvalue weighted by atomic mass is 10.2. The van der Waals surface area contributed by atoms with Gasteiger partial charge >= 0.3 is 0 Å². The number of methoxy groups -OCH3 is 2. The number of aromatic nitrogens is 2. The summed E-state index contributed by atoms with van der Waals surface area (Å²) in [6.07, 6.45) is 4.17. The molecule has 0 spiro atoms. The predicted octanol–water partition coefficient (Wildman–Crippen LogP) is 4.54. The van der Waals surface area contributed by atoms with Crippen LogP contribution < -0.4 is 14.4 Å². The van der Waals surface area contributed by atoms with Crippen molar-refractivity contribution >= 4 is 11.7 Å². The number of pyridine rings is 1. The first-order valence-corrected chi connectivity index (χ1v) is 11.4. The van der Waals surface area contributed by atoms with Gasteiger partial charge in [0.25, 0.3) is 5.91 Å². The van der Waals surface area contributed by atoms with E-state index >= 15 is 0 Å². The van der Waals surface area contributed by atoms with Crippen molar-refractivity contribution in [1.29, 1.82) is 0 Å². The molecule has 0 bridgehead atoms. The molecule has 3 aromatic rings. The number of amides is 1. The maximum atomic E-state index is 12.9. The average Bonchev–Trinajstić information content (AvgIpc) is 3.60. The van der Waals surface area contributed by atoms with E-state index in [2.05, 4.69) is 14.9 Å². The Kier molecular flexibility index (Phi) is 6.82. The van der Waals surface area contributed by atoms with Gasteiger partial charge in [0.15, 0.2) is 0 Å². The summed E-state index contributed by atoms with van der Waals surface area (Å²) in [4.78, 5) is 26.0. The molecular weight excluding hydrogens is 420 g/mol. The highest BCUT2D eigenvalue weighted by Crippen LogP contribution is 2.32. The standard InChI is InChI=1S/C23H24N4O4.C2H6/c1-29-17-7-5-16(19(11-17)30-2)13-27-14-18-21(23(27)28)31-22(25-18)15-6-8-20(24-12-15)26-9-3-4-10-26;1-2/h5-8,11-12H,3-4,9-10,13-14H2,1-2H3;1-2H3. The van der Waals surface area contributed by atoms with Crippen molar-refractivity contribution < 1.29 is 18.7 Å². The van der Waals surface area contributed by atoms with Gasteiger partial charge in [0.05, 0.1) is 32.9 Å². The van der Waals surface area contributed by atoms with Crippen LogP contribution in [0.25, 0.3) is 11.5 Å². The number of carbonyl (C=O) groups excluding carboxylic acids is 1. The highest BCUT2D eigenvalue weighted by molar-refractivity contribution is 5.95. The van der Waals surface area contributed by atoms with E-state index in [0.29, 0.717) is 41.9 Å². The third-order valence-electron chi connectivity index (χ3n) is 5.80. The zero-order chi connectivity index (χ0) is 23.4. The molecule has 8 nitrogen and oxygen atoms in total. The highest BCUT2D eigenvalue weighted by atomic mass is 16.5. The van der Waals surface area contributed by atoms with Gasteiger partial charge in [0, 0.05) is 30.9 Å². The van der Waals surface area contributed by atoms with Crippen LogP contribution in [-0.2, 0) is 13.1 Å². The molecule has 174 valence electrons. The molecule has 1 aromatic carbocycles. The average molecular weight is 451 g/mol. The van der Waals surface area contributed by atoms with E-state index < -0.39 is 0 Å². The van der Waals surface area contributed by atoms with Gasteiger partial charge < -0.3 is 23.7 Å².